The molecule has 0 spiro atoms. The number of aromatic nitrogens is 4. The molecule has 0 fully saturated rings. The molecule has 2 aromatic heterocycles. The van der Waals surface area contributed by atoms with Gasteiger partial charge in [-0.3, -0.25) is 0 Å². The lowest BCUT2D eigenvalue weighted by Gasteiger charge is -2.13. The van der Waals surface area contributed by atoms with Crippen molar-refractivity contribution in [2.45, 2.75) is 0 Å². The molecular weight excluding hydrogens is 434 g/mol. The fourth-order valence-electron chi connectivity index (χ4n) is 2.25. The molecule has 0 atom stereocenters. The standard InChI is InChI=1S/C16H8Cl4N6O/c17-7-2-4-11(10(20)5-7)21-13-14(24-16-15(23-13)25-27-26-16)22-12-6-8(18)1-3-9(12)19/h1-6H,(H,21,23,25)(H,22,24,26). The van der Waals surface area contributed by atoms with Crippen LogP contribution in [0.3, 0.4) is 0 Å². The minimum atomic E-state index is 0.225. The highest BCUT2D eigenvalue weighted by atomic mass is 35.5. The number of fused-ring (bicyclic) bond motifs is 1. The summed E-state index contributed by atoms with van der Waals surface area (Å²) in [4.78, 5) is 8.74. The molecule has 2 N–H and O–H groups in total. The Morgan fingerprint density at radius 3 is 1.93 bits per heavy atom. The van der Waals surface area contributed by atoms with Crippen molar-refractivity contribution < 1.29 is 4.63 Å². The molecule has 0 saturated heterocycles. The summed E-state index contributed by atoms with van der Waals surface area (Å²) >= 11 is 24.5. The number of nitrogens with zero attached hydrogens (tertiary/aromatic N) is 4. The highest BCUT2D eigenvalue weighted by Gasteiger charge is 2.15. The maximum absolute atomic E-state index is 6.23. The normalized spacial score (nSPS) is 11.0. The van der Waals surface area contributed by atoms with Crippen LogP contribution in [0.5, 0.6) is 0 Å². The van der Waals surface area contributed by atoms with E-state index >= 15 is 0 Å². The van der Waals surface area contributed by atoms with Gasteiger partial charge in [0.15, 0.2) is 11.6 Å². The largest absolute Gasteiger partial charge is 0.336 e. The molecule has 27 heavy (non-hydrogen) atoms. The number of nitrogens with one attached hydrogen (secondary N) is 2. The van der Waals surface area contributed by atoms with Crippen LogP contribution in [0.4, 0.5) is 23.0 Å². The van der Waals surface area contributed by atoms with E-state index in [2.05, 4.69) is 35.5 Å². The maximum Gasteiger partial charge on any atom is 0.245 e. The highest BCUT2D eigenvalue weighted by molar-refractivity contribution is 6.36. The number of hydrogen-bond donors (Lipinski definition) is 2. The van der Waals surface area contributed by atoms with Crippen LogP contribution in [-0.2, 0) is 0 Å². The van der Waals surface area contributed by atoms with E-state index in [4.69, 9.17) is 46.4 Å². The van der Waals surface area contributed by atoms with Crippen LogP contribution in [0, 0.1) is 0 Å². The molecule has 136 valence electrons. The summed E-state index contributed by atoms with van der Waals surface area (Å²) in [5.41, 5.74) is 1.57. The van der Waals surface area contributed by atoms with Crippen molar-refractivity contribution in [1.82, 2.24) is 20.3 Å². The van der Waals surface area contributed by atoms with Crippen molar-refractivity contribution in [3.63, 3.8) is 0 Å². The van der Waals surface area contributed by atoms with E-state index in [0.29, 0.717) is 43.1 Å². The maximum atomic E-state index is 6.23. The Hall–Kier alpha value is -2.32. The predicted octanol–water partition coefficient (Wildman–Crippen LogP) is 6.11. The van der Waals surface area contributed by atoms with Crippen molar-refractivity contribution in [2.24, 2.45) is 0 Å². The van der Waals surface area contributed by atoms with Gasteiger partial charge >= 0.3 is 0 Å². The molecule has 7 nitrogen and oxygen atoms in total. The van der Waals surface area contributed by atoms with Crippen LogP contribution in [-0.4, -0.2) is 20.3 Å². The van der Waals surface area contributed by atoms with Gasteiger partial charge in [-0.1, -0.05) is 46.4 Å². The third-order valence-corrected chi connectivity index (χ3v) is 4.59. The van der Waals surface area contributed by atoms with Crippen molar-refractivity contribution in [2.75, 3.05) is 10.6 Å². The number of anilines is 4. The van der Waals surface area contributed by atoms with Gasteiger partial charge in [-0.25, -0.2) is 14.6 Å². The molecule has 0 radical (unpaired) electrons. The average Bonchev–Trinajstić information content (AvgIpc) is 3.08. The van der Waals surface area contributed by atoms with Crippen LogP contribution >= 0.6 is 46.4 Å². The summed E-state index contributed by atoms with van der Waals surface area (Å²) < 4.78 is 4.69. The lowest BCUT2D eigenvalue weighted by atomic mass is 10.3. The van der Waals surface area contributed by atoms with Crippen molar-refractivity contribution in [1.29, 1.82) is 0 Å². The first-order valence-electron chi connectivity index (χ1n) is 7.44. The third-order valence-electron chi connectivity index (χ3n) is 3.48. The van der Waals surface area contributed by atoms with E-state index in [0.717, 1.165) is 0 Å². The second-order valence-corrected chi connectivity index (χ2v) is 7.02. The molecule has 0 aliphatic heterocycles. The van der Waals surface area contributed by atoms with Gasteiger partial charge in [0.2, 0.25) is 11.3 Å². The van der Waals surface area contributed by atoms with Gasteiger partial charge in [0, 0.05) is 10.0 Å². The van der Waals surface area contributed by atoms with E-state index in [1.807, 2.05) is 0 Å². The molecule has 0 aliphatic rings. The Labute approximate surface area is 172 Å². The van der Waals surface area contributed by atoms with E-state index in [-0.39, 0.29) is 11.3 Å². The quantitative estimate of drug-likeness (QED) is 0.394. The van der Waals surface area contributed by atoms with E-state index in [9.17, 15) is 0 Å². The van der Waals surface area contributed by atoms with Crippen LogP contribution in [0.1, 0.15) is 0 Å². The first-order valence-corrected chi connectivity index (χ1v) is 8.95. The third kappa shape index (κ3) is 3.86. The SMILES string of the molecule is Clc1ccc(Nc2nc3nonc3nc2Nc2cc(Cl)ccc2Cl)c(Cl)c1. The van der Waals surface area contributed by atoms with Crippen molar-refractivity contribution in [3.8, 4) is 0 Å². The predicted molar refractivity (Wildman–Crippen MR) is 107 cm³/mol. The lowest BCUT2D eigenvalue weighted by Crippen LogP contribution is -2.04. The summed E-state index contributed by atoms with van der Waals surface area (Å²) in [6.07, 6.45) is 0. The second-order valence-electron chi connectivity index (χ2n) is 5.33. The minimum absolute atomic E-state index is 0.225. The van der Waals surface area contributed by atoms with E-state index < -0.39 is 0 Å². The Bertz CT molecular complexity index is 1150. The fraction of sp³-hybridized carbons (Fsp3) is 0. The minimum Gasteiger partial charge on any atom is -0.336 e. The molecule has 0 bridgehead atoms. The first-order chi connectivity index (χ1) is 13.0. The molecule has 0 aliphatic carbocycles. The van der Waals surface area contributed by atoms with Crippen LogP contribution < -0.4 is 10.6 Å². The zero-order valence-electron chi connectivity index (χ0n) is 13.2. The van der Waals surface area contributed by atoms with E-state index in [1.165, 1.54) is 0 Å². The molecule has 0 unspecified atom stereocenters. The van der Waals surface area contributed by atoms with Gasteiger partial charge in [-0.15, -0.1) is 0 Å². The van der Waals surface area contributed by atoms with Crippen LogP contribution in [0.15, 0.2) is 41.0 Å². The van der Waals surface area contributed by atoms with Gasteiger partial charge in [0.25, 0.3) is 0 Å². The monoisotopic (exact) mass is 440 g/mol. The van der Waals surface area contributed by atoms with Crippen molar-refractivity contribution in [3.05, 3.63) is 56.5 Å². The summed E-state index contributed by atoms with van der Waals surface area (Å²) in [5.74, 6) is 0.659. The average molecular weight is 442 g/mol. The van der Waals surface area contributed by atoms with Gasteiger partial charge < -0.3 is 10.6 Å². The summed E-state index contributed by atoms with van der Waals surface area (Å²) in [6.45, 7) is 0. The summed E-state index contributed by atoms with van der Waals surface area (Å²) in [6, 6.07) is 10.0. The fourth-order valence-corrected chi connectivity index (χ4v) is 3.04. The Balaban J connectivity index is 1.78. The lowest BCUT2D eigenvalue weighted by molar-refractivity contribution is 0.314. The molecule has 4 rings (SSSR count). The molecular formula is C16H8Cl4N6O. The highest BCUT2D eigenvalue weighted by Crippen LogP contribution is 2.34. The van der Waals surface area contributed by atoms with Crippen LogP contribution in [0.25, 0.3) is 11.3 Å². The number of rotatable bonds is 4. The van der Waals surface area contributed by atoms with Gasteiger partial charge in [0.05, 0.1) is 21.4 Å². The zero-order chi connectivity index (χ0) is 19.0. The van der Waals surface area contributed by atoms with Gasteiger partial charge in [-0.05, 0) is 46.7 Å². The Morgan fingerprint density at radius 2 is 1.26 bits per heavy atom. The van der Waals surface area contributed by atoms with E-state index in [1.54, 1.807) is 36.4 Å². The zero-order valence-corrected chi connectivity index (χ0v) is 16.2. The number of hydrogen-bond acceptors (Lipinski definition) is 7. The van der Waals surface area contributed by atoms with Gasteiger partial charge in [0.1, 0.15) is 0 Å². The van der Waals surface area contributed by atoms with Crippen LogP contribution in [0.2, 0.25) is 20.1 Å². The molecule has 0 saturated carbocycles. The Kier molecular flexibility index (Phi) is 4.92. The molecule has 0 amide bonds. The van der Waals surface area contributed by atoms with Gasteiger partial charge in [-0.2, -0.15) is 0 Å². The second kappa shape index (κ2) is 7.36. The first kappa shape index (κ1) is 18.1. The number of benzene rings is 2. The topological polar surface area (TPSA) is 88.8 Å². The Morgan fingerprint density at radius 1 is 0.667 bits per heavy atom. The molecule has 2 heterocycles. The smallest absolute Gasteiger partial charge is 0.245 e. The summed E-state index contributed by atoms with van der Waals surface area (Å²) in [7, 11) is 0. The number of halogens is 4. The summed E-state index contributed by atoms with van der Waals surface area (Å²) in [5, 5.41) is 15.5. The molecule has 4 aromatic rings. The van der Waals surface area contributed by atoms with Crippen molar-refractivity contribution >= 4 is 80.7 Å². The molecule has 11 heteroatoms. The molecule has 2 aromatic carbocycles.